The van der Waals surface area contributed by atoms with Crippen molar-refractivity contribution in [3.8, 4) is 11.1 Å². The minimum Gasteiger partial charge on any atom is -0.354 e. The van der Waals surface area contributed by atoms with Crippen LogP contribution in [0.3, 0.4) is 0 Å². The van der Waals surface area contributed by atoms with Crippen LogP contribution >= 0.6 is 11.6 Å². The third-order valence-corrected chi connectivity index (χ3v) is 5.50. The summed E-state index contributed by atoms with van der Waals surface area (Å²) in [5, 5.41) is 3.27. The number of nitrogens with one attached hydrogen (secondary N) is 1. The van der Waals surface area contributed by atoms with Crippen LogP contribution in [-0.4, -0.2) is 4.98 Å². The topological polar surface area (TPSA) is 15.8 Å². The molecule has 0 atom stereocenters. The highest BCUT2D eigenvalue weighted by molar-refractivity contribution is 6.32. The van der Waals surface area contributed by atoms with Gasteiger partial charge in [-0.2, -0.15) is 0 Å². The van der Waals surface area contributed by atoms with E-state index in [-0.39, 0.29) is 5.41 Å². The fourth-order valence-corrected chi connectivity index (χ4v) is 4.33. The van der Waals surface area contributed by atoms with Crippen LogP contribution in [0.1, 0.15) is 25.0 Å². The third kappa shape index (κ3) is 1.58. The van der Waals surface area contributed by atoms with Gasteiger partial charge in [-0.3, -0.25) is 0 Å². The first-order valence-electron chi connectivity index (χ1n) is 7.92. The molecule has 0 aliphatic heterocycles. The maximum Gasteiger partial charge on any atom is 0.0471 e. The molecule has 0 unspecified atom stereocenters. The van der Waals surface area contributed by atoms with Crippen molar-refractivity contribution in [3.05, 3.63) is 70.7 Å². The van der Waals surface area contributed by atoms with Gasteiger partial charge in [-0.05, 0) is 46.5 Å². The van der Waals surface area contributed by atoms with Gasteiger partial charge in [0.2, 0.25) is 0 Å². The highest BCUT2D eigenvalue weighted by Crippen LogP contribution is 2.52. The Hall–Kier alpha value is -2.25. The summed E-state index contributed by atoms with van der Waals surface area (Å²) in [6.45, 7) is 4.62. The minimum absolute atomic E-state index is 0.0300. The number of fused-ring (bicyclic) bond motifs is 7. The van der Waals surface area contributed by atoms with Gasteiger partial charge >= 0.3 is 0 Å². The first kappa shape index (κ1) is 13.2. The number of aromatic nitrogens is 1. The van der Waals surface area contributed by atoms with Crippen molar-refractivity contribution < 1.29 is 0 Å². The van der Waals surface area contributed by atoms with Crippen molar-refractivity contribution in [3.63, 3.8) is 0 Å². The number of H-pyrrole nitrogens is 1. The summed E-state index contributed by atoms with van der Waals surface area (Å²) in [4.78, 5) is 3.53. The standard InChI is InChI=1S/C21H16ClN/c1-21(2)15-6-4-3-5-13(15)19-16(21)8-10-18-20(19)14-11-12(22)7-9-17(14)23-18/h3-11,23H,1-2H3. The number of halogens is 1. The average molecular weight is 318 g/mol. The molecular weight excluding hydrogens is 302 g/mol. The molecule has 1 aliphatic rings. The Morgan fingerprint density at radius 3 is 2.52 bits per heavy atom. The second kappa shape index (κ2) is 4.18. The zero-order valence-electron chi connectivity index (χ0n) is 13.1. The second-order valence-corrected chi connectivity index (χ2v) is 7.33. The normalized spacial score (nSPS) is 15.1. The highest BCUT2D eigenvalue weighted by Gasteiger charge is 2.36. The average Bonchev–Trinajstić information content (AvgIpc) is 3.01. The molecule has 5 rings (SSSR count). The first-order valence-corrected chi connectivity index (χ1v) is 8.29. The van der Waals surface area contributed by atoms with Gasteiger partial charge in [-0.15, -0.1) is 0 Å². The van der Waals surface area contributed by atoms with Gasteiger partial charge in [-0.25, -0.2) is 0 Å². The predicted octanol–water partition coefficient (Wildman–Crippen LogP) is 6.28. The molecule has 0 saturated carbocycles. The molecule has 0 bridgehead atoms. The third-order valence-electron chi connectivity index (χ3n) is 5.27. The Morgan fingerprint density at radius 1 is 0.870 bits per heavy atom. The van der Waals surface area contributed by atoms with Crippen molar-refractivity contribution in [2.75, 3.05) is 0 Å². The Labute approximate surface area is 139 Å². The van der Waals surface area contributed by atoms with Crippen molar-refractivity contribution in [2.24, 2.45) is 0 Å². The lowest BCUT2D eigenvalue weighted by Crippen LogP contribution is -2.14. The molecule has 0 saturated heterocycles. The lowest BCUT2D eigenvalue weighted by molar-refractivity contribution is 0.661. The predicted molar refractivity (Wildman–Crippen MR) is 98.4 cm³/mol. The molecule has 1 aromatic heterocycles. The van der Waals surface area contributed by atoms with Gasteiger partial charge in [0.25, 0.3) is 0 Å². The molecular formula is C21H16ClN. The van der Waals surface area contributed by atoms with E-state index in [1.807, 2.05) is 6.07 Å². The molecule has 0 radical (unpaired) electrons. The second-order valence-electron chi connectivity index (χ2n) is 6.90. The molecule has 0 fully saturated rings. The van der Waals surface area contributed by atoms with Crippen LogP contribution < -0.4 is 0 Å². The Kier molecular flexibility index (Phi) is 2.40. The molecule has 1 N–H and O–H groups in total. The van der Waals surface area contributed by atoms with E-state index in [4.69, 9.17) is 11.6 Å². The summed E-state index contributed by atoms with van der Waals surface area (Å²) >= 11 is 6.27. The molecule has 1 heterocycles. The summed E-state index contributed by atoms with van der Waals surface area (Å²) < 4.78 is 0. The van der Waals surface area contributed by atoms with E-state index in [0.717, 1.165) is 10.5 Å². The summed E-state index contributed by atoms with van der Waals surface area (Å²) in [7, 11) is 0. The monoisotopic (exact) mass is 317 g/mol. The Morgan fingerprint density at radius 2 is 1.65 bits per heavy atom. The maximum absolute atomic E-state index is 6.27. The van der Waals surface area contributed by atoms with E-state index in [0.29, 0.717) is 0 Å². The van der Waals surface area contributed by atoms with Crippen molar-refractivity contribution >= 4 is 33.4 Å². The molecule has 1 aliphatic carbocycles. The summed E-state index contributed by atoms with van der Waals surface area (Å²) in [6, 6.07) is 19.3. The molecule has 0 spiro atoms. The van der Waals surface area contributed by atoms with E-state index >= 15 is 0 Å². The van der Waals surface area contributed by atoms with Crippen LogP contribution in [0.25, 0.3) is 32.9 Å². The quantitative estimate of drug-likeness (QED) is 0.393. The van der Waals surface area contributed by atoms with Crippen LogP contribution in [-0.2, 0) is 5.41 Å². The maximum atomic E-state index is 6.27. The molecule has 1 nitrogen and oxygen atoms in total. The van der Waals surface area contributed by atoms with Gasteiger partial charge in [-0.1, -0.05) is 55.8 Å². The fourth-order valence-electron chi connectivity index (χ4n) is 4.16. The van der Waals surface area contributed by atoms with E-state index in [1.165, 1.54) is 38.5 Å². The van der Waals surface area contributed by atoms with Crippen LogP contribution in [0.4, 0.5) is 0 Å². The van der Waals surface area contributed by atoms with Gasteiger partial charge in [0.05, 0.1) is 0 Å². The number of hydrogen-bond donors (Lipinski definition) is 1. The van der Waals surface area contributed by atoms with Crippen LogP contribution in [0, 0.1) is 0 Å². The molecule has 23 heavy (non-hydrogen) atoms. The van der Waals surface area contributed by atoms with Crippen molar-refractivity contribution in [1.29, 1.82) is 0 Å². The molecule has 4 aromatic rings. The summed E-state index contributed by atoms with van der Waals surface area (Å²) in [5.74, 6) is 0. The smallest absolute Gasteiger partial charge is 0.0471 e. The molecule has 2 heteroatoms. The number of hydrogen-bond acceptors (Lipinski definition) is 0. The SMILES string of the molecule is CC1(C)c2ccccc2-c2c1ccc1[nH]c3ccc(Cl)cc3c21. The number of rotatable bonds is 0. The van der Waals surface area contributed by atoms with E-state index < -0.39 is 0 Å². The lowest BCUT2D eigenvalue weighted by atomic mass is 9.82. The minimum atomic E-state index is 0.0300. The van der Waals surface area contributed by atoms with Gasteiger partial charge in [0, 0.05) is 32.2 Å². The van der Waals surface area contributed by atoms with E-state index in [2.05, 4.69) is 67.4 Å². The molecule has 3 aromatic carbocycles. The number of benzene rings is 3. The van der Waals surface area contributed by atoms with E-state index in [1.54, 1.807) is 0 Å². The van der Waals surface area contributed by atoms with Gasteiger partial charge in [0.1, 0.15) is 0 Å². The van der Waals surface area contributed by atoms with Crippen LogP contribution in [0.5, 0.6) is 0 Å². The van der Waals surface area contributed by atoms with E-state index in [9.17, 15) is 0 Å². The summed E-state index contributed by atoms with van der Waals surface area (Å²) in [6.07, 6.45) is 0. The molecule has 0 amide bonds. The first-order chi connectivity index (χ1) is 11.1. The number of aromatic amines is 1. The largest absolute Gasteiger partial charge is 0.354 e. The van der Waals surface area contributed by atoms with Crippen molar-refractivity contribution in [1.82, 2.24) is 4.98 Å². The lowest BCUT2D eigenvalue weighted by Gasteiger charge is -2.21. The Balaban J connectivity index is 2.04. The zero-order valence-corrected chi connectivity index (χ0v) is 13.8. The van der Waals surface area contributed by atoms with Gasteiger partial charge < -0.3 is 4.98 Å². The van der Waals surface area contributed by atoms with Gasteiger partial charge in [0.15, 0.2) is 0 Å². The highest BCUT2D eigenvalue weighted by atomic mass is 35.5. The zero-order chi connectivity index (χ0) is 15.8. The molecule has 112 valence electrons. The fraction of sp³-hybridized carbons (Fsp3) is 0.143. The Bertz CT molecular complexity index is 1100. The van der Waals surface area contributed by atoms with Crippen LogP contribution in [0.2, 0.25) is 5.02 Å². The van der Waals surface area contributed by atoms with Crippen molar-refractivity contribution in [2.45, 2.75) is 19.3 Å². The summed E-state index contributed by atoms with van der Waals surface area (Å²) in [5.41, 5.74) is 7.84. The van der Waals surface area contributed by atoms with Crippen LogP contribution in [0.15, 0.2) is 54.6 Å².